The minimum atomic E-state index is -0.477. The summed E-state index contributed by atoms with van der Waals surface area (Å²) in [6.45, 7) is 0.917. The van der Waals surface area contributed by atoms with Crippen LogP contribution < -0.4 is 15.7 Å². The number of fused-ring (bicyclic) bond motifs is 2. The number of nitrogens with zero attached hydrogens (tertiary/aromatic N) is 3. The van der Waals surface area contributed by atoms with E-state index in [2.05, 4.69) is 20.3 Å². The number of anilines is 1. The van der Waals surface area contributed by atoms with Crippen molar-refractivity contribution in [2.75, 3.05) is 19.0 Å². The lowest BCUT2D eigenvalue weighted by molar-refractivity contribution is 0.387. The second-order valence-corrected chi connectivity index (χ2v) is 5.75. The maximum Gasteiger partial charge on any atom is 0.326 e. The number of H-pyrrole nitrogens is 1. The lowest BCUT2D eigenvalue weighted by Gasteiger charge is -2.10. The van der Waals surface area contributed by atoms with E-state index in [-0.39, 0.29) is 11.4 Å². The summed E-state index contributed by atoms with van der Waals surface area (Å²) >= 11 is 0. The predicted octanol–water partition coefficient (Wildman–Crippen LogP) is 2.53. The van der Waals surface area contributed by atoms with Crippen LogP contribution >= 0.6 is 0 Å². The molecule has 0 saturated heterocycles. The maximum atomic E-state index is 13.8. The van der Waals surface area contributed by atoms with E-state index < -0.39 is 5.82 Å². The number of ether oxygens (including phenoxy) is 1. The zero-order valence-electron chi connectivity index (χ0n) is 14.0. The molecule has 0 spiro atoms. The molecule has 0 radical (unpaired) electrons. The molecular weight excluding hydrogens is 337 g/mol. The van der Waals surface area contributed by atoms with Crippen LogP contribution in [-0.2, 0) is 6.54 Å². The van der Waals surface area contributed by atoms with E-state index in [1.54, 1.807) is 10.6 Å². The first kappa shape index (κ1) is 16.1. The standard InChI is InChI=1S/C18H16FN5O2/c1-26-16-8-11-14(9-12(16)19)21-10-22-17(11)20-6-7-24-15-5-3-2-4-13(15)23-18(24)25/h2-5,8-10H,6-7H2,1H3,(H,23,25)(H,20,21,22). The van der Waals surface area contributed by atoms with E-state index in [1.165, 1.54) is 19.5 Å². The highest BCUT2D eigenvalue weighted by Crippen LogP contribution is 2.27. The molecule has 2 N–H and O–H groups in total. The van der Waals surface area contributed by atoms with Gasteiger partial charge in [0.25, 0.3) is 0 Å². The molecule has 0 saturated carbocycles. The molecule has 2 aromatic heterocycles. The van der Waals surface area contributed by atoms with Gasteiger partial charge in [0, 0.05) is 24.5 Å². The van der Waals surface area contributed by atoms with Gasteiger partial charge in [-0.25, -0.2) is 19.2 Å². The van der Waals surface area contributed by atoms with Crippen LogP contribution in [0.15, 0.2) is 47.5 Å². The average molecular weight is 353 g/mol. The fourth-order valence-electron chi connectivity index (χ4n) is 2.97. The van der Waals surface area contributed by atoms with Gasteiger partial charge in [-0.05, 0) is 18.2 Å². The third kappa shape index (κ3) is 2.75. The number of methoxy groups -OCH3 is 1. The van der Waals surface area contributed by atoms with Gasteiger partial charge in [-0.15, -0.1) is 0 Å². The van der Waals surface area contributed by atoms with Crippen molar-refractivity contribution in [1.82, 2.24) is 19.5 Å². The molecular formula is C18H16FN5O2. The number of imidazole rings is 1. The molecule has 0 aliphatic heterocycles. The van der Waals surface area contributed by atoms with E-state index in [0.717, 1.165) is 11.0 Å². The summed E-state index contributed by atoms with van der Waals surface area (Å²) in [5.41, 5.74) is 1.95. The van der Waals surface area contributed by atoms with E-state index in [1.807, 2.05) is 24.3 Å². The third-order valence-corrected chi connectivity index (χ3v) is 4.22. The number of aromatic amines is 1. The van der Waals surface area contributed by atoms with Gasteiger partial charge in [0.2, 0.25) is 0 Å². The van der Waals surface area contributed by atoms with Crippen molar-refractivity contribution < 1.29 is 9.13 Å². The topological polar surface area (TPSA) is 84.8 Å². The van der Waals surface area contributed by atoms with E-state index in [4.69, 9.17) is 4.74 Å². The van der Waals surface area contributed by atoms with Crippen molar-refractivity contribution in [3.8, 4) is 5.75 Å². The summed E-state index contributed by atoms with van der Waals surface area (Å²) in [5, 5.41) is 3.84. The van der Waals surface area contributed by atoms with Gasteiger partial charge in [-0.1, -0.05) is 12.1 Å². The van der Waals surface area contributed by atoms with Crippen LogP contribution in [0.25, 0.3) is 21.9 Å². The minimum Gasteiger partial charge on any atom is -0.494 e. The minimum absolute atomic E-state index is 0.128. The van der Waals surface area contributed by atoms with Gasteiger partial charge >= 0.3 is 5.69 Å². The Kier molecular flexibility index (Phi) is 4.00. The number of hydrogen-bond donors (Lipinski definition) is 2. The lowest BCUT2D eigenvalue weighted by atomic mass is 10.2. The van der Waals surface area contributed by atoms with Gasteiger partial charge in [-0.2, -0.15) is 0 Å². The van der Waals surface area contributed by atoms with Gasteiger partial charge in [0.1, 0.15) is 12.1 Å². The van der Waals surface area contributed by atoms with Gasteiger partial charge in [0.05, 0.1) is 23.7 Å². The highest BCUT2D eigenvalue weighted by atomic mass is 19.1. The molecule has 26 heavy (non-hydrogen) atoms. The Morgan fingerprint density at radius 2 is 2.12 bits per heavy atom. The van der Waals surface area contributed by atoms with Crippen molar-refractivity contribution in [2.45, 2.75) is 6.54 Å². The lowest BCUT2D eigenvalue weighted by Crippen LogP contribution is -2.21. The largest absolute Gasteiger partial charge is 0.494 e. The third-order valence-electron chi connectivity index (χ3n) is 4.22. The number of benzene rings is 2. The molecule has 0 unspecified atom stereocenters. The predicted molar refractivity (Wildman–Crippen MR) is 97.1 cm³/mol. The molecule has 8 heteroatoms. The molecule has 0 bridgehead atoms. The average Bonchev–Trinajstić information content (AvgIpc) is 2.97. The SMILES string of the molecule is COc1cc2c(NCCn3c(=O)[nH]c4ccccc43)ncnc2cc1F. The Morgan fingerprint density at radius 3 is 2.96 bits per heavy atom. The Morgan fingerprint density at radius 1 is 1.27 bits per heavy atom. The number of nitrogens with one attached hydrogen (secondary N) is 2. The molecule has 2 aromatic carbocycles. The van der Waals surface area contributed by atoms with E-state index in [0.29, 0.717) is 29.8 Å². The van der Waals surface area contributed by atoms with Crippen LogP contribution in [0.1, 0.15) is 0 Å². The molecule has 7 nitrogen and oxygen atoms in total. The Balaban J connectivity index is 1.60. The monoisotopic (exact) mass is 353 g/mol. The van der Waals surface area contributed by atoms with Crippen molar-refractivity contribution in [1.29, 1.82) is 0 Å². The molecule has 0 aliphatic carbocycles. The first-order valence-electron chi connectivity index (χ1n) is 8.07. The second kappa shape index (κ2) is 6.47. The van der Waals surface area contributed by atoms with Crippen molar-refractivity contribution >= 4 is 27.8 Å². The first-order chi connectivity index (χ1) is 12.7. The number of hydrogen-bond acceptors (Lipinski definition) is 5. The quantitative estimate of drug-likeness (QED) is 0.576. The van der Waals surface area contributed by atoms with Crippen molar-refractivity contribution in [3.05, 3.63) is 59.0 Å². The van der Waals surface area contributed by atoms with Crippen LogP contribution in [0.4, 0.5) is 10.2 Å². The van der Waals surface area contributed by atoms with Crippen LogP contribution in [-0.4, -0.2) is 33.2 Å². The van der Waals surface area contributed by atoms with Gasteiger partial charge in [-0.3, -0.25) is 4.57 Å². The van der Waals surface area contributed by atoms with Crippen molar-refractivity contribution in [3.63, 3.8) is 0 Å². The van der Waals surface area contributed by atoms with Crippen LogP contribution in [0.5, 0.6) is 5.75 Å². The summed E-state index contributed by atoms with van der Waals surface area (Å²) in [6, 6.07) is 10.4. The van der Waals surface area contributed by atoms with Crippen LogP contribution in [0.3, 0.4) is 0 Å². The summed E-state index contributed by atoms with van der Waals surface area (Å²) in [7, 11) is 1.41. The molecule has 0 amide bonds. The molecule has 4 aromatic rings. The van der Waals surface area contributed by atoms with E-state index >= 15 is 0 Å². The fraction of sp³-hybridized carbons (Fsp3) is 0.167. The van der Waals surface area contributed by atoms with Gasteiger partial charge in [0.15, 0.2) is 11.6 Å². The number of rotatable bonds is 5. The van der Waals surface area contributed by atoms with E-state index in [9.17, 15) is 9.18 Å². The summed E-state index contributed by atoms with van der Waals surface area (Å²) in [5.74, 6) is 0.208. The zero-order valence-corrected chi connectivity index (χ0v) is 14.0. The smallest absolute Gasteiger partial charge is 0.326 e. The summed E-state index contributed by atoms with van der Waals surface area (Å²) in [6.07, 6.45) is 1.37. The number of halogens is 1. The Hall–Kier alpha value is -3.42. The Labute approximate surface area is 147 Å². The molecule has 4 rings (SSSR count). The number of para-hydroxylation sites is 2. The van der Waals surface area contributed by atoms with Gasteiger partial charge < -0.3 is 15.0 Å². The zero-order chi connectivity index (χ0) is 18.1. The molecule has 0 atom stereocenters. The first-order valence-corrected chi connectivity index (χ1v) is 8.07. The highest BCUT2D eigenvalue weighted by Gasteiger charge is 2.11. The summed E-state index contributed by atoms with van der Waals surface area (Å²) < 4.78 is 20.5. The molecule has 0 fully saturated rings. The highest BCUT2D eigenvalue weighted by molar-refractivity contribution is 5.90. The van der Waals surface area contributed by atoms with Crippen LogP contribution in [0.2, 0.25) is 0 Å². The van der Waals surface area contributed by atoms with Crippen molar-refractivity contribution in [2.24, 2.45) is 0 Å². The normalized spacial score (nSPS) is 11.2. The summed E-state index contributed by atoms with van der Waals surface area (Å²) in [4.78, 5) is 23.2. The molecule has 0 aliphatic rings. The molecule has 2 heterocycles. The fourth-order valence-corrected chi connectivity index (χ4v) is 2.97. The number of aromatic nitrogens is 4. The maximum absolute atomic E-state index is 13.8. The molecule has 132 valence electrons. The Bertz CT molecular complexity index is 1150. The van der Waals surface area contributed by atoms with Crippen LogP contribution in [0, 0.1) is 5.82 Å². The second-order valence-electron chi connectivity index (χ2n) is 5.75.